The SMILES string of the molecule is COC(CNC(=O)c1cc(C)cc(Br)c1)CC(=O)O. The van der Waals surface area contributed by atoms with E-state index in [9.17, 15) is 9.59 Å². The highest BCUT2D eigenvalue weighted by Crippen LogP contribution is 2.15. The summed E-state index contributed by atoms with van der Waals surface area (Å²) in [5, 5.41) is 11.3. The van der Waals surface area contributed by atoms with E-state index in [-0.39, 0.29) is 18.9 Å². The summed E-state index contributed by atoms with van der Waals surface area (Å²) in [6, 6.07) is 5.37. The molecule has 2 N–H and O–H groups in total. The smallest absolute Gasteiger partial charge is 0.306 e. The number of carbonyl (C=O) groups is 2. The van der Waals surface area contributed by atoms with E-state index < -0.39 is 12.1 Å². The van der Waals surface area contributed by atoms with Crippen LogP contribution in [0.3, 0.4) is 0 Å². The summed E-state index contributed by atoms with van der Waals surface area (Å²) in [4.78, 5) is 22.5. The van der Waals surface area contributed by atoms with Crippen LogP contribution in [-0.2, 0) is 9.53 Å². The molecule has 0 aliphatic rings. The molecule has 0 spiro atoms. The average Bonchev–Trinajstić information content (AvgIpc) is 2.32. The second-order valence-electron chi connectivity index (χ2n) is 4.18. The number of hydrogen-bond acceptors (Lipinski definition) is 3. The number of carbonyl (C=O) groups excluding carboxylic acids is 1. The fourth-order valence-corrected chi connectivity index (χ4v) is 2.22. The summed E-state index contributed by atoms with van der Waals surface area (Å²) in [5.41, 5.74) is 1.49. The Morgan fingerprint density at radius 1 is 1.42 bits per heavy atom. The summed E-state index contributed by atoms with van der Waals surface area (Å²) in [7, 11) is 1.42. The van der Waals surface area contributed by atoms with Crippen LogP contribution in [-0.4, -0.2) is 36.7 Å². The van der Waals surface area contributed by atoms with Crippen molar-refractivity contribution in [2.24, 2.45) is 0 Å². The van der Waals surface area contributed by atoms with Crippen LogP contribution >= 0.6 is 15.9 Å². The maximum atomic E-state index is 11.9. The van der Waals surface area contributed by atoms with Gasteiger partial charge in [0.2, 0.25) is 0 Å². The zero-order valence-corrected chi connectivity index (χ0v) is 12.4. The number of ether oxygens (including phenoxy) is 1. The van der Waals surface area contributed by atoms with Crippen molar-refractivity contribution in [3.63, 3.8) is 0 Å². The monoisotopic (exact) mass is 329 g/mol. The number of carboxylic acids is 1. The van der Waals surface area contributed by atoms with Gasteiger partial charge in [-0.1, -0.05) is 15.9 Å². The predicted octanol–water partition coefficient (Wildman–Crippen LogP) is 1.98. The average molecular weight is 330 g/mol. The first kappa shape index (κ1) is 15.7. The Bertz CT molecular complexity index is 455. The number of nitrogens with one attached hydrogen (secondary N) is 1. The van der Waals surface area contributed by atoms with Gasteiger partial charge in [0.05, 0.1) is 12.5 Å². The molecule has 0 fully saturated rings. The Balaban J connectivity index is 2.61. The molecule has 1 rings (SSSR count). The largest absolute Gasteiger partial charge is 0.481 e. The number of aryl methyl sites for hydroxylation is 1. The van der Waals surface area contributed by atoms with Crippen molar-refractivity contribution in [1.29, 1.82) is 0 Å². The molecule has 0 aliphatic carbocycles. The number of rotatable bonds is 6. The quantitative estimate of drug-likeness (QED) is 0.836. The number of benzene rings is 1. The number of carboxylic acid groups (broad SMARTS) is 1. The van der Waals surface area contributed by atoms with Crippen molar-refractivity contribution in [1.82, 2.24) is 5.32 Å². The molecule has 1 atom stereocenters. The zero-order chi connectivity index (χ0) is 14.4. The minimum Gasteiger partial charge on any atom is -0.481 e. The van der Waals surface area contributed by atoms with Gasteiger partial charge in [0.15, 0.2) is 0 Å². The van der Waals surface area contributed by atoms with Gasteiger partial charge in [-0.15, -0.1) is 0 Å². The first-order valence-electron chi connectivity index (χ1n) is 5.72. The van der Waals surface area contributed by atoms with Gasteiger partial charge in [-0.2, -0.15) is 0 Å². The molecule has 0 aromatic heterocycles. The standard InChI is InChI=1S/C13H16BrNO4/c1-8-3-9(5-10(14)4-8)13(18)15-7-11(19-2)6-12(16)17/h3-5,11H,6-7H2,1-2H3,(H,15,18)(H,16,17). The molecular formula is C13H16BrNO4. The first-order valence-corrected chi connectivity index (χ1v) is 6.51. The van der Waals surface area contributed by atoms with Gasteiger partial charge in [-0.3, -0.25) is 9.59 Å². The third-order valence-corrected chi connectivity index (χ3v) is 2.99. The third kappa shape index (κ3) is 5.40. The normalized spacial score (nSPS) is 11.9. The summed E-state index contributed by atoms with van der Waals surface area (Å²) < 4.78 is 5.82. The van der Waals surface area contributed by atoms with E-state index in [2.05, 4.69) is 21.2 Å². The zero-order valence-electron chi connectivity index (χ0n) is 10.8. The van der Waals surface area contributed by atoms with Crippen LogP contribution in [0.15, 0.2) is 22.7 Å². The van der Waals surface area contributed by atoms with E-state index in [4.69, 9.17) is 9.84 Å². The fraction of sp³-hybridized carbons (Fsp3) is 0.385. The predicted molar refractivity (Wildman–Crippen MR) is 74.3 cm³/mol. The maximum absolute atomic E-state index is 11.9. The molecule has 6 heteroatoms. The van der Waals surface area contributed by atoms with E-state index in [0.29, 0.717) is 5.56 Å². The van der Waals surface area contributed by atoms with Crippen LogP contribution in [0.25, 0.3) is 0 Å². The summed E-state index contributed by atoms with van der Waals surface area (Å²) in [6.07, 6.45) is -0.677. The van der Waals surface area contributed by atoms with Gasteiger partial charge in [0, 0.05) is 23.7 Å². The summed E-state index contributed by atoms with van der Waals surface area (Å²) in [6.45, 7) is 2.05. The van der Waals surface area contributed by atoms with Crippen molar-refractivity contribution in [2.75, 3.05) is 13.7 Å². The van der Waals surface area contributed by atoms with Crippen LogP contribution in [0.4, 0.5) is 0 Å². The molecule has 0 saturated heterocycles. The lowest BCUT2D eigenvalue weighted by atomic mass is 10.1. The second kappa shape index (κ2) is 7.25. The van der Waals surface area contributed by atoms with Crippen LogP contribution in [0.1, 0.15) is 22.3 Å². The molecule has 0 saturated carbocycles. The molecule has 0 heterocycles. The molecule has 0 aliphatic heterocycles. The lowest BCUT2D eigenvalue weighted by Crippen LogP contribution is -2.34. The van der Waals surface area contributed by atoms with Gasteiger partial charge in [0.1, 0.15) is 0 Å². The van der Waals surface area contributed by atoms with Crippen LogP contribution in [0.5, 0.6) is 0 Å². The number of aliphatic carboxylic acids is 1. The van der Waals surface area contributed by atoms with Crippen LogP contribution < -0.4 is 5.32 Å². The highest BCUT2D eigenvalue weighted by molar-refractivity contribution is 9.10. The van der Waals surface area contributed by atoms with Gasteiger partial charge in [-0.05, 0) is 30.7 Å². The lowest BCUT2D eigenvalue weighted by molar-refractivity contribution is -0.139. The van der Waals surface area contributed by atoms with Crippen molar-refractivity contribution >= 4 is 27.8 Å². The molecule has 1 unspecified atom stereocenters. The first-order chi connectivity index (χ1) is 8.92. The summed E-state index contributed by atoms with van der Waals surface area (Å²) >= 11 is 3.33. The molecule has 5 nitrogen and oxygen atoms in total. The Labute approximate surface area is 120 Å². The van der Waals surface area contributed by atoms with Crippen molar-refractivity contribution in [3.8, 4) is 0 Å². The molecule has 104 valence electrons. The minimum atomic E-state index is -0.959. The summed E-state index contributed by atoms with van der Waals surface area (Å²) in [5.74, 6) is -1.21. The molecule has 0 bridgehead atoms. The third-order valence-electron chi connectivity index (χ3n) is 2.53. The van der Waals surface area contributed by atoms with Crippen molar-refractivity contribution in [2.45, 2.75) is 19.4 Å². The number of methoxy groups -OCH3 is 1. The Morgan fingerprint density at radius 2 is 2.11 bits per heavy atom. The molecule has 1 aromatic carbocycles. The number of amides is 1. The molecule has 19 heavy (non-hydrogen) atoms. The Hall–Kier alpha value is -1.40. The molecule has 1 aromatic rings. The van der Waals surface area contributed by atoms with E-state index in [1.165, 1.54) is 7.11 Å². The van der Waals surface area contributed by atoms with E-state index in [1.54, 1.807) is 12.1 Å². The lowest BCUT2D eigenvalue weighted by Gasteiger charge is -2.14. The number of hydrogen-bond donors (Lipinski definition) is 2. The molecule has 0 radical (unpaired) electrons. The van der Waals surface area contributed by atoms with Gasteiger partial charge >= 0.3 is 5.97 Å². The van der Waals surface area contributed by atoms with Gasteiger partial charge in [-0.25, -0.2) is 0 Å². The highest BCUT2D eigenvalue weighted by atomic mass is 79.9. The highest BCUT2D eigenvalue weighted by Gasteiger charge is 2.14. The second-order valence-corrected chi connectivity index (χ2v) is 5.10. The molecule has 1 amide bonds. The van der Waals surface area contributed by atoms with Crippen molar-refractivity contribution < 1.29 is 19.4 Å². The van der Waals surface area contributed by atoms with Gasteiger partial charge < -0.3 is 15.2 Å². The Morgan fingerprint density at radius 3 is 2.63 bits per heavy atom. The minimum absolute atomic E-state index is 0.145. The van der Waals surface area contributed by atoms with E-state index in [1.807, 2.05) is 13.0 Å². The number of halogens is 1. The Kier molecular flexibility index (Phi) is 5.98. The maximum Gasteiger partial charge on any atom is 0.306 e. The van der Waals surface area contributed by atoms with Crippen molar-refractivity contribution in [3.05, 3.63) is 33.8 Å². The van der Waals surface area contributed by atoms with Crippen LogP contribution in [0, 0.1) is 6.92 Å². The molecular weight excluding hydrogens is 314 g/mol. The van der Waals surface area contributed by atoms with E-state index in [0.717, 1.165) is 10.0 Å². The van der Waals surface area contributed by atoms with Crippen LogP contribution in [0.2, 0.25) is 0 Å². The fourth-order valence-electron chi connectivity index (χ4n) is 1.61. The van der Waals surface area contributed by atoms with Gasteiger partial charge in [0.25, 0.3) is 5.91 Å². The van der Waals surface area contributed by atoms with E-state index >= 15 is 0 Å². The topological polar surface area (TPSA) is 75.6 Å².